The molecule has 1 heterocycles. The van der Waals surface area contributed by atoms with Crippen molar-refractivity contribution in [1.29, 1.82) is 0 Å². The standard InChI is InChI=1S/C22H28N2O5S/c1-23(2)30(26,27)21-15-18(9-10-20(21)28-3)22(25)24-13-11-19(12-14-24)29-16-17-7-5-4-6-8-17/h4-10,15,19H,11-14,16H2,1-3H3. The summed E-state index contributed by atoms with van der Waals surface area (Å²) in [6, 6.07) is 14.5. The number of benzene rings is 2. The average molecular weight is 433 g/mol. The Bertz CT molecular complexity index is 968. The van der Waals surface area contributed by atoms with Crippen LogP contribution in [0, 0.1) is 0 Å². The molecule has 162 valence electrons. The summed E-state index contributed by atoms with van der Waals surface area (Å²) in [6.45, 7) is 1.70. The molecule has 1 fully saturated rings. The largest absolute Gasteiger partial charge is 0.495 e. The Labute approximate surface area is 178 Å². The minimum Gasteiger partial charge on any atom is -0.495 e. The van der Waals surface area contributed by atoms with E-state index in [-0.39, 0.29) is 22.7 Å². The van der Waals surface area contributed by atoms with Crippen molar-refractivity contribution in [2.24, 2.45) is 0 Å². The van der Waals surface area contributed by atoms with Crippen LogP contribution >= 0.6 is 0 Å². The van der Waals surface area contributed by atoms with Gasteiger partial charge in [0.05, 0.1) is 19.8 Å². The first-order valence-corrected chi connectivity index (χ1v) is 11.3. The highest BCUT2D eigenvalue weighted by Gasteiger charge is 2.27. The summed E-state index contributed by atoms with van der Waals surface area (Å²) in [7, 11) is 0.573. The zero-order valence-corrected chi connectivity index (χ0v) is 18.4. The van der Waals surface area contributed by atoms with Gasteiger partial charge in [-0.05, 0) is 36.6 Å². The Morgan fingerprint density at radius 2 is 1.77 bits per heavy atom. The van der Waals surface area contributed by atoms with Gasteiger partial charge >= 0.3 is 0 Å². The quantitative estimate of drug-likeness (QED) is 0.673. The van der Waals surface area contributed by atoms with Crippen molar-refractivity contribution >= 4 is 15.9 Å². The predicted molar refractivity (Wildman–Crippen MR) is 114 cm³/mol. The van der Waals surface area contributed by atoms with Gasteiger partial charge in [0.1, 0.15) is 10.6 Å². The van der Waals surface area contributed by atoms with Gasteiger partial charge < -0.3 is 14.4 Å². The molecule has 0 atom stereocenters. The normalized spacial score (nSPS) is 15.4. The third kappa shape index (κ3) is 5.00. The minimum atomic E-state index is -3.73. The molecule has 0 N–H and O–H groups in total. The van der Waals surface area contributed by atoms with Gasteiger partial charge in [0.15, 0.2) is 0 Å². The Kier molecular flexibility index (Phi) is 7.12. The fraction of sp³-hybridized carbons (Fsp3) is 0.409. The van der Waals surface area contributed by atoms with E-state index in [0.29, 0.717) is 25.3 Å². The first kappa shape index (κ1) is 22.3. The number of methoxy groups -OCH3 is 1. The molecule has 1 saturated heterocycles. The number of hydrogen-bond acceptors (Lipinski definition) is 5. The Balaban J connectivity index is 1.65. The maximum Gasteiger partial charge on any atom is 0.253 e. The third-order valence-corrected chi connectivity index (χ3v) is 7.06. The smallest absolute Gasteiger partial charge is 0.253 e. The minimum absolute atomic E-state index is 0.0121. The van der Waals surface area contributed by atoms with Gasteiger partial charge in [0.25, 0.3) is 5.91 Å². The van der Waals surface area contributed by atoms with Gasteiger partial charge in [-0.15, -0.1) is 0 Å². The molecule has 8 heteroatoms. The molecule has 2 aromatic rings. The maximum atomic E-state index is 13.0. The summed E-state index contributed by atoms with van der Waals surface area (Å²) >= 11 is 0. The third-order valence-electron chi connectivity index (χ3n) is 5.23. The summed E-state index contributed by atoms with van der Waals surface area (Å²) in [6.07, 6.45) is 1.60. The fourth-order valence-corrected chi connectivity index (χ4v) is 4.48. The molecule has 3 rings (SSSR count). The van der Waals surface area contributed by atoms with Crippen molar-refractivity contribution in [3.8, 4) is 5.75 Å². The van der Waals surface area contributed by atoms with Crippen molar-refractivity contribution in [2.45, 2.75) is 30.4 Å². The van der Waals surface area contributed by atoms with E-state index in [2.05, 4.69) is 0 Å². The van der Waals surface area contributed by atoms with Gasteiger partial charge in [0, 0.05) is 32.7 Å². The summed E-state index contributed by atoms with van der Waals surface area (Å²) < 4.78 is 37.5. The highest BCUT2D eigenvalue weighted by atomic mass is 32.2. The van der Waals surface area contributed by atoms with Crippen molar-refractivity contribution in [1.82, 2.24) is 9.21 Å². The second-order valence-electron chi connectivity index (χ2n) is 7.44. The number of piperidine rings is 1. The number of hydrogen-bond donors (Lipinski definition) is 0. The summed E-state index contributed by atoms with van der Waals surface area (Å²) in [5, 5.41) is 0. The fourth-order valence-electron chi connectivity index (χ4n) is 3.40. The van der Waals surface area contributed by atoms with Crippen LogP contribution in [0.4, 0.5) is 0 Å². The lowest BCUT2D eigenvalue weighted by Gasteiger charge is -2.32. The molecule has 30 heavy (non-hydrogen) atoms. The van der Waals surface area contributed by atoms with Crippen LogP contribution in [0.3, 0.4) is 0 Å². The lowest BCUT2D eigenvalue weighted by Crippen LogP contribution is -2.41. The van der Waals surface area contributed by atoms with Crippen molar-refractivity contribution in [2.75, 3.05) is 34.3 Å². The van der Waals surface area contributed by atoms with Crippen LogP contribution in [-0.4, -0.2) is 63.9 Å². The molecule has 7 nitrogen and oxygen atoms in total. The molecule has 0 radical (unpaired) electrons. The molecule has 2 aromatic carbocycles. The van der Waals surface area contributed by atoms with Crippen LogP contribution < -0.4 is 4.74 Å². The highest BCUT2D eigenvalue weighted by Crippen LogP contribution is 2.28. The lowest BCUT2D eigenvalue weighted by atomic mass is 10.1. The van der Waals surface area contributed by atoms with Gasteiger partial charge in [-0.3, -0.25) is 4.79 Å². The van der Waals surface area contributed by atoms with E-state index in [1.165, 1.54) is 33.3 Å². The summed E-state index contributed by atoms with van der Waals surface area (Å²) in [4.78, 5) is 14.7. The monoisotopic (exact) mass is 432 g/mol. The van der Waals surface area contributed by atoms with E-state index >= 15 is 0 Å². The predicted octanol–water partition coefficient (Wildman–Crippen LogP) is 2.77. The Hall–Kier alpha value is -2.42. The molecule has 0 aromatic heterocycles. The van der Waals surface area contributed by atoms with E-state index in [1.54, 1.807) is 11.0 Å². The molecule has 0 aliphatic carbocycles. The Morgan fingerprint density at radius 3 is 2.37 bits per heavy atom. The van der Waals surface area contributed by atoms with Crippen molar-refractivity contribution in [3.05, 3.63) is 59.7 Å². The summed E-state index contributed by atoms with van der Waals surface area (Å²) in [5.74, 6) is 0.0302. The first-order chi connectivity index (χ1) is 14.3. The zero-order valence-electron chi connectivity index (χ0n) is 17.6. The van der Waals surface area contributed by atoms with Gasteiger partial charge in [-0.1, -0.05) is 30.3 Å². The molecule has 0 bridgehead atoms. The number of carbonyl (C=O) groups is 1. The molecule has 1 amide bonds. The zero-order chi connectivity index (χ0) is 21.7. The molecule has 1 aliphatic rings. The number of likely N-dealkylation sites (tertiary alicyclic amines) is 1. The van der Waals surface area contributed by atoms with Crippen molar-refractivity contribution in [3.63, 3.8) is 0 Å². The maximum absolute atomic E-state index is 13.0. The molecular formula is C22H28N2O5S. The van der Waals surface area contributed by atoms with Gasteiger partial charge in [-0.25, -0.2) is 12.7 Å². The van der Waals surface area contributed by atoms with Crippen LogP contribution in [-0.2, 0) is 21.4 Å². The number of rotatable bonds is 7. The van der Waals surface area contributed by atoms with Crippen LogP contribution in [0.15, 0.2) is 53.4 Å². The van der Waals surface area contributed by atoms with E-state index in [0.717, 1.165) is 22.7 Å². The van der Waals surface area contributed by atoms with E-state index < -0.39 is 10.0 Å². The Morgan fingerprint density at radius 1 is 1.10 bits per heavy atom. The number of nitrogens with zero attached hydrogens (tertiary/aromatic N) is 2. The SMILES string of the molecule is COc1ccc(C(=O)N2CCC(OCc3ccccc3)CC2)cc1S(=O)(=O)N(C)C. The van der Waals surface area contributed by atoms with E-state index in [9.17, 15) is 13.2 Å². The number of ether oxygens (including phenoxy) is 2. The van der Waals surface area contributed by atoms with Crippen LogP contribution in [0.25, 0.3) is 0 Å². The molecule has 0 unspecified atom stereocenters. The van der Waals surface area contributed by atoms with Crippen LogP contribution in [0.1, 0.15) is 28.8 Å². The van der Waals surface area contributed by atoms with E-state index in [1.807, 2.05) is 30.3 Å². The summed E-state index contributed by atoms with van der Waals surface area (Å²) in [5.41, 5.74) is 1.46. The first-order valence-electron chi connectivity index (χ1n) is 9.88. The average Bonchev–Trinajstić information content (AvgIpc) is 2.77. The molecular weight excluding hydrogens is 404 g/mol. The van der Waals surface area contributed by atoms with Gasteiger partial charge in [0.2, 0.25) is 10.0 Å². The number of sulfonamides is 1. The number of carbonyl (C=O) groups excluding carboxylic acids is 1. The van der Waals surface area contributed by atoms with Crippen LogP contribution in [0.5, 0.6) is 5.75 Å². The second-order valence-corrected chi connectivity index (χ2v) is 9.56. The van der Waals surface area contributed by atoms with Gasteiger partial charge in [-0.2, -0.15) is 0 Å². The molecule has 0 saturated carbocycles. The highest BCUT2D eigenvalue weighted by molar-refractivity contribution is 7.89. The topological polar surface area (TPSA) is 76.1 Å². The van der Waals surface area contributed by atoms with Crippen LogP contribution in [0.2, 0.25) is 0 Å². The van der Waals surface area contributed by atoms with Crippen molar-refractivity contribution < 1.29 is 22.7 Å². The van der Waals surface area contributed by atoms with E-state index in [4.69, 9.17) is 9.47 Å². The second kappa shape index (κ2) is 9.59. The lowest BCUT2D eigenvalue weighted by molar-refractivity contribution is -0.000385. The number of amides is 1. The molecule has 0 spiro atoms. The molecule has 1 aliphatic heterocycles.